The van der Waals surface area contributed by atoms with Crippen LogP contribution in [0.15, 0.2) is 24.3 Å². The predicted molar refractivity (Wildman–Crippen MR) is 215 cm³/mol. The first-order chi connectivity index (χ1) is 27.1. The molecule has 5 atom stereocenters. The number of ether oxygens (including phenoxy) is 2. The van der Waals surface area contributed by atoms with Gasteiger partial charge < -0.3 is 55.2 Å². The van der Waals surface area contributed by atoms with E-state index in [2.05, 4.69) is 10.6 Å². The minimum atomic E-state index is -5.13. The normalized spacial score (nSPS) is 14.3. The molecule has 0 aliphatic heterocycles. The Labute approximate surface area is 443 Å². The summed E-state index contributed by atoms with van der Waals surface area (Å²) in [6, 6.07) is -3.29. The molecule has 0 heterocycles. The van der Waals surface area contributed by atoms with Crippen molar-refractivity contribution in [3.05, 3.63) is 29.8 Å². The molecule has 342 valence electrons. The summed E-state index contributed by atoms with van der Waals surface area (Å²) in [4.78, 5) is 78.5. The molecule has 23 nitrogen and oxygen atoms in total. The van der Waals surface area contributed by atoms with Gasteiger partial charge in [0.05, 0.1) is 6.04 Å². The molecule has 1 rings (SSSR count). The zero-order valence-corrected chi connectivity index (χ0v) is 46.8. The summed E-state index contributed by atoms with van der Waals surface area (Å²) in [5, 5.41) is 18.2. The Morgan fingerprint density at radius 3 is 1.48 bits per heavy atom. The number of esters is 1. The Hall–Kier alpha value is -0.420. The van der Waals surface area contributed by atoms with Gasteiger partial charge in [0.1, 0.15) is 68.6 Å². The number of carboxylic acids is 1. The molecule has 0 saturated heterocycles. The van der Waals surface area contributed by atoms with Gasteiger partial charge >= 0.3 is 101 Å². The molecule has 0 aromatic heterocycles. The summed E-state index contributed by atoms with van der Waals surface area (Å²) >= 11 is 0. The van der Waals surface area contributed by atoms with E-state index in [4.69, 9.17) is 15.2 Å². The van der Waals surface area contributed by atoms with Gasteiger partial charge in [0.2, 0.25) is 23.6 Å². The number of carbonyl (C=O) groups excluding carboxylic acids is 5. The van der Waals surface area contributed by atoms with Gasteiger partial charge in [0.15, 0.2) is 0 Å². The zero-order chi connectivity index (χ0) is 46.4. The van der Waals surface area contributed by atoms with E-state index in [1.165, 1.54) is 45.0 Å². The molecule has 0 unspecified atom stereocenters. The Bertz CT molecular complexity index is 2040. The molecule has 0 saturated carbocycles. The molecule has 4 amide bonds. The molecule has 0 bridgehead atoms. The van der Waals surface area contributed by atoms with Crippen LogP contribution in [0.3, 0.4) is 0 Å². The number of hydrogen-bond acceptors (Lipinski definition) is 21. The van der Waals surface area contributed by atoms with Crippen molar-refractivity contribution in [3.63, 3.8) is 0 Å². The van der Waals surface area contributed by atoms with Crippen molar-refractivity contribution < 1.29 is 171 Å². The smallest absolute Gasteiger partial charge is 0.739 e. The Balaban J connectivity index is -0.0000120. The van der Waals surface area contributed by atoms with Gasteiger partial charge in [-0.2, -0.15) is 0 Å². The third kappa shape index (κ3) is 32.1. The third-order valence-electron chi connectivity index (χ3n) is 6.84. The second-order valence-corrected chi connectivity index (χ2v) is 24.4. The van der Waals surface area contributed by atoms with Crippen molar-refractivity contribution in [2.24, 2.45) is 5.73 Å². The fourth-order valence-corrected chi connectivity index (χ4v) is 8.69. The summed E-state index contributed by atoms with van der Waals surface area (Å²) in [6.45, 7) is 9.94. The predicted octanol–water partition coefficient (Wildman–Crippen LogP) is -10.5. The van der Waals surface area contributed by atoms with E-state index < -0.39 is 141 Å². The average Bonchev–Trinajstić information content (AvgIpc) is 3.06. The van der Waals surface area contributed by atoms with E-state index >= 15 is 0 Å². The maximum Gasteiger partial charge on any atom is 1.00 e. The molecule has 63 heavy (non-hydrogen) atoms. The van der Waals surface area contributed by atoms with Gasteiger partial charge in [-0.15, -0.1) is 0 Å². The molecule has 7 N–H and O–H groups in total. The Morgan fingerprint density at radius 1 is 0.635 bits per heavy atom. The third-order valence-corrected chi connectivity index (χ3v) is 13.0. The SMILES string of the molecule is CC(C)(C)OC(=O)CC[C@H](NC(=O)[C@H](CSS(=O)(=O)[O-])NC(=O)[C@@H](N)CSS(=O)(=O)[O-])C(=O)N[C@@H](Cc1ccc(OC(C)(C)C)cc1)C(=O)N[C@@H](CSS(=O)(=O)[O-])C(=O)O.[Na+].[Na+].[Na+]. The molecular weight excluding hydrogens is 992 g/mol. The van der Waals surface area contributed by atoms with E-state index in [0.717, 1.165) is 0 Å². The molecule has 0 aliphatic carbocycles. The van der Waals surface area contributed by atoms with Crippen LogP contribution in [0.4, 0.5) is 0 Å². The second-order valence-electron chi connectivity index (χ2n) is 14.5. The topological polar surface area (TPSA) is 387 Å². The molecule has 32 heteroatoms. The maximum atomic E-state index is 14.0. The second kappa shape index (κ2) is 29.5. The van der Waals surface area contributed by atoms with Crippen LogP contribution in [0.1, 0.15) is 59.9 Å². The number of carboxylic acid groups (broad SMARTS) is 1. The van der Waals surface area contributed by atoms with Crippen molar-refractivity contribution in [1.29, 1.82) is 0 Å². The van der Waals surface area contributed by atoms with E-state index in [0.29, 0.717) is 11.3 Å². The molecular formula is C31H46N5Na3O18S6. The van der Waals surface area contributed by atoms with Crippen LogP contribution in [0, 0.1) is 0 Å². The first kappa shape index (κ1) is 66.9. The number of benzene rings is 1. The van der Waals surface area contributed by atoms with Crippen LogP contribution < -0.4 is 120 Å². The molecule has 0 radical (unpaired) electrons. The monoisotopic (exact) mass is 1040 g/mol. The van der Waals surface area contributed by atoms with Gasteiger partial charge in [-0.05, 0) is 98.0 Å². The summed E-state index contributed by atoms with van der Waals surface area (Å²) < 4.78 is 112. The van der Waals surface area contributed by atoms with Gasteiger partial charge in [-0.1, -0.05) is 12.1 Å². The Kier molecular flexibility index (Phi) is 31.3. The fourth-order valence-electron chi connectivity index (χ4n) is 4.40. The van der Waals surface area contributed by atoms with Crippen LogP contribution in [0.5, 0.6) is 5.75 Å². The quantitative estimate of drug-likeness (QED) is 0.0242. The number of nitrogens with two attached hydrogens (primary N) is 1. The summed E-state index contributed by atoms with van der Waals surface area (Å²) in [7, 11) is -16.0. The number of carbonyl (C=O) groups is 6. The molecule has 0 fully saturated rings. The largest absolute Gasteiger partial charge is 1.00 e. The van der Waals surface area contributed by atoms with Gasteiger partial charge in [-0.3, -0.25) is 24.0 Å². The van der Waals surface area contributed by atoms with Gasteiger partial charge in [-0.25, -0.2) is 30.0 Å². The van der Waals surface area contributed by atoms with Crippen molar-refractivity contribution in [3.8, 4) is 5.75 Å². The standard InChI is InChI=1S/C31H49N5O18S6.3Na/c1-30(2,3)53-18-9-7-17(8-10-18)13-21(27(40)36-23(29(42)43)16-57-60(50,51)52)34-26(39)20(11-12-24(37)54-31(4,5)6)33-28(41)22(15-56-59(47,48)49)35-25(38)19(32)14-55-58(44,45)46;;;/h7-10,19-23H,11-16,32H2,1-6H3,(H,33,41)(H,34,39)(H,35,38)(H,36,40)(H,42,43)(H,44,45,46)(H,47,48,49)(H,50,51,52);;;/q;3*+1/p-3/t19-,20-,21-,22-,23-;;;/m0.../s1. The van der Waals surface area contributed by atoms with Crippen LogP contribution in [-0.2, 0) is 67.4 Å². The van der Waals surface area contributed by atoms with Crippen molar-refractivity contribution in [2.45, 2.75) is 102 Å². The van der Waals surface area contributed by atoms with Crippen molar-refractivity contribution in [2.75, 3.05) is 17.3 Å². The number of rotatable bonds is 24. The van der Waals surface area contributed by atoms with Crippen LogP contribution in [0.2, 0.25) is 0 Å². The van der Waals surface area contributed by atoms with E-state index in [1.54, 1.807) is 20.8 Å². The first-order valence-corrected chi connectivity index (χ1v) is 25.9. The van der Waals surface area contributed by atoms with Crippen LogP contribution in [0.25, 0.3) is 0 Å². The summed E-state index contributed by atoms with van der Waals surface area (Å²) in [5.41, 5.74) is 4.33. The number of nitrogens with one attached hydrogen (secondary N) is 4. The number of hydrogen-bond donors (Lipinski definition) is 6. The Morgan fingerprint density at radius 2 is 1.03 bits per heavy atom. The van der Waals surface area contributed by atoms with Crippen molar-refractivity contribution in [1.82, 2.24) is 21.3 Å². The van der Waals surface area contributed by atoms with Crippen LogP contribution >= 0.6 is 32.4 Å². The van der Waals surface area contributed by atoms with E-state index in [1.807, 2.05) is 10.6 Å². The summed E-state index contributed by atoms with van der Waals surface area (Å²) in [5.74, 6) is -10.1. The van der Waals surface area contributed by atoms with E-state index in [-0.39, 0.29) is 121 Å². The zero-order valence-electron chi connectivity index (χ0n) is 35.9. The van der Waals surface area contributed by atoms with Crippen LogP contribution in [-0.4, -0.2) is 138 Å². The molecule has 1 aromatic rings. The van der Waals surface area contributed by atoms with Crippen molar-refractivity contribution >= 4 is 95.4 Å². The average molecular weight is 1040 g/mol. The van der Waals surface area contributed by atoms with Gasteiger partial charge in [0.25, 0.3) is 0 Å². The fraction of sp³-hybridized carbons (Fsp3) is 0.613. The molecule has 1 aromatic carbocycles. The molecule has 0 aliphatic rings. The summed E-state index contributed by atoms with van der Waals surface area (Å²) in [6.07, 6.45) is -1.58. The van der Waals surface area contributed by atoms with E-state index in [9.17, 15) is 72.8 Å². The number of amides is 4. The van der Waals surface area contributed by atoms with Gasteiger partial charge in [0, 0.05) is 30.1 Å². The molecule has 0 spiro atoms. The minimum Gasteiger partial charge on any atom is -0.739 e. The first-order valence-electron chi connectivity index (χ1n) is 17.1. The minimum absolute atomic E-state index is 0. The number of aliphatic carboxylic acids is 1. The maximum absolute atomic E-state index is 14.0.